The number of hydrogen-bond donors (Lipinski definition) is 2. The van der Waals surface area contributed by atoms with Crippen LogP contribution in [0.5, 0.6) is 0 Å². The van der Waals surface area contributed by atoms with E-state index in [9.17, 15) is 19.2 Å². The number of carbonyl (C=O) groups is 4. The van der Waals surface area contributed by atoms with Crippen LogP contribution in [0.1, 0.15) is 49.9 Å². The van der Waals surface area contributed by atoms with Crippen molar-refractivity contribution < 1.29 is 28.7 Å². The summed E-state index contributed by atoms with van der Waals surface area (Å²) in [5.74, 6) is -1.37. The Morgan fingerprint density at radius 2 is 1.13 bits per heavy atom. The molecule has 0 aromatic heterocycles. The molecule has 45 heavy (non-hydrogen) atoms. The lowest BCUT2D eigenvalue weighted by molar-refractivity contribution is -0.139. The average Bonchev–Trinajstić information content (AvgIpc) is 3.05. The number of benzene rings is 4. The van der Waals surface area contributed by atoms with E-state index in [1.54, 1.807) is 43.3 Å². The molecule has 0 heterocycles. The zero-order chi connectivity index (χ0) is 31.9. The summed E-state index contributed by atoms with van der Waals surface area (Å²) in [6.07, 6.45) is 2.22. The molecule has 0 amide bonds. The number of ketones is 2. The second-order valence-corrected chi connectivity index (χ2v) is 10.5. The van der Waals surface area contributed by atoms with Crippen molar-refractivity contribution in [3.63, 3.8) is 0 Å². The molecular formula is C37H32N2O6. The first-order valence-corrected chi connectivity index (χ1v) is 14.4. The van der Waals surface area contributed by atoms with Crippen molar-refractivity contribution >= 4 is 46.3 Å². The molecule has 5 rings (SSSR count). The van der Waals surface area contributed by atoms with Crippen LogP contribution in [-0.4, -0.2) is 36.7 Å². The smallest absolute Gasteiger partial charge is 0.333 e. The van der Waals surface area contributed by atoms with E-state index in [2.05, 4.69) is 23.8 Å². The zero-order valence-corrected chi connectivity index (χ0v) is 24.9. The third kappa shape index (κ3) is 7.08. The molecule has 1 aliphatic rings. The first kappa shape index (κ1) is 30.7. The standard InChI is InChI=1S/C37H32N2O6/c1-4-32(40)44-21-19-24-9-13-26(14-10-24)38-30-17-18-31(34-33(30)35(41)28-7-5-6-8-29(28)36(34)42)39-27-15-11-25(12-16-27)20-22-45-37(43)23(2)3/h4-18,38-39H,1-2,19-22H2,3H3. The van der Waals surface area contributed by atoms with Crippen molar-refractivity contribution in [3.8, 4) is 0 Å². The van der Waals surface area contributed by atoms with Gasteiger partial charge in [0.15, 0.2) is 11.6 Å². The third-order valence-corrected chi connectivity index (χ3v) is 7.32. The summed E-state index contributed by atoms with van der Waals surface area (Å²) in [5, 5.41) is 6.64. The average molecular weight is 601 g/mol. The maximum atomic E-state index is 13.8. The fourth-order valence-corrected chi connectivity index (χ4v) is 4.96. The SMILES string of the molecule is C=CC(=O)OCCc1ccc(Nc2ccc(Nc3ccc(CCOC(=O)C(=C)C)cc3)c3c2C(=O)c2ccccc2C3=O)cc1. The van der Waals surface area contributed by atoms with Crippen molar-refractivity contribution in [2.45, 2.75) is 19.8 Å². The highest BCUT2D eigenvalue weighted by atomic mass is 16.5. The Kier molecular flexibility index (Phi) is 9.34. The Bertz CT molecular complexity index is 1810. The highest BCUT2D eigenvalue weighted by molar-refractivity contribution is 6.32. The van der Waals surface area contributed by atoms with Crippen molar-refractivity contribution in [1.82, 2.24) is 0 Å². The van der Waals surface area contributed by atoms with Gasteiger partial charge in [0.1, 0.15) is 0 Å². The summed E-state index contributed by atoms with van der Waals surface area (Å²) in [5.41, 5.74) is 6.08. The van der Waals surface area contributed by atoms with Crippen LogP contribution in [0.25, 0.3) is 0 Å². The number of ether oxygens (including phenoxy) is 2. The van der Waals surface area contributed by atoms with Crippen LogP contribution in [0.15, 0.2) is 110 Å². The van der Waals surface area contributed by atoms with Gasteiger partial charge in [-0.2, -0.15) is 0 Å². The molecule has 0 saturated heterocycles. The van der Waals surface area contributed by atoms with Gasteiger partial charge >= 0.3 is 11.9 Å². The summed E-state index contributed by atoms with van der Waals surface area (Å²) >= 11 is 0. The van der Waals surface area contributed by atoms with Crippen LogP contribution in [0.4, 0.5) is 22.7 Å². The Morgan fingerprint density at radius 1 is 0.689 bits per heavy atom. The van der Waals surface area contributed by atoms with Crippen LogP contribution in [0, 0.1) is 0 Å². The van der Waals surface area contributed by atoms with Crippen molar-refractivity contribution in [1.29, 1.82) is 0 Å². The van der Waals surface area contributed by atoms with Gasteiger partial charge in [-0.3, -0.25) is 9.59 Å². The topological polar surface area (TPSA) is 111 Å². The molecule has 226 valence electrons. The lowest BCUT2D eigenvalue weighted by Gasteiger charge is -2.24. The first-order valence-electron chi connectivity index (χ1n) is 14.4. The molecule has 4 aromatic rings. The summed E-state index contributed by atoms with van der Waals surface area (Å²) in [7, 11) is 0. The molecule has 0 saturated carbocycles. The van der Waals surface area contributed by atoms with Crippen molar-refractivity contribution in [3.05, 3.63) is 143 Å². The number of anilines is 4. The van der Waals surface area contributed by atoms with E-state index in [0.717, 1.165) is 28.6 Å². The fourth-order valence-electron chi connectivity index (χ4n) is 4.96. The first-order chi connectivity index (χ1) is 21.7. The van der Waals surface area contributed by atoms with Gasteiger partial charge in [0.25, 0.3) is 0 Å². The van der Waals surface area contributed by atoms with Crippen LogP contribution in [0.3, 0.4) is 0 Å². The molecule has 0 spiro atoms. The third-order valence-electron chi connectivity index (χ3n) is 7.32. The maximum Gasteiger partial charge on any atom is 0.333 e. The molecule has 8 heteroatoms. The summed E-state index contributed by atoms with van der Waals surface area (Å²) < 4.78 is 10.2. The van der Waals surface area contributed by atoms with E-state index in [1.807, 2.05) is 48.5 Å². The monoisotopic (exact) mass is 600 g/mol. The van der Waals surface area contributed by atoms with Crippen molar-refractivity contribution in [2.24, 2.45) is 0 Å². The Labute approximate surface area is 261 Å². The van der Waals surface area contributed by atoms with Crippen molar-refractivity contribution in [2.75, 3.05) is 23.8 Å². The molecule has 0 radical (unpaired) electrons. The predicted octanol–water partition coefficient (Wildman–Crippen LogP) is 6.88. The van der Waals surface area contributed by atoms with Crippen LogP contribution in [0.2, 0.25) is 0 Å². The molecule has 0 fully saturated rings. The number of hydrogen-bond acceptors (Lipinski definition) is 8. The normalized spacial score (nSPS) is 11.6. The van der Waals surface area contributed by atoms with E-state index in [4.69, 9.17) is 9.47 Å². The number of esters is 2. The molecule has 2 N–H and O–H groups in total. The van der Waals surface area contributed by atoms with Gasteiger partial charge in [-0.05, 0) is 54.4 Å². The molecule has 1 aliphatic carbocycles. The summed E-state index contributed by atoms with van der Waals surface area (Å²) in [4.78, 5) is 50.6. The summed E-state index contributed by atoms with van der Waals surface area (Å²) in [6, 6.07) is 25.5. The number of rotatable bonds is 12. The second-order valence-electron chi connectivity index (χ2n) is 10.5. The molecule has 0 atom stereocenters. The van der Waals surface area contributed by atoms with Gasteiger partial charge in [-0.15, -0.1) is 0 Å². The van der Waals surface area contributed by atoms with Crippen LogP contribution < -0.4 is 10.6 Å². The quantitative estimate of drug-likeness (QED) is 0.118. The van der Waals surface area contributed by atoms with Crippen LogP contribution >= 0.6 is 0 Å². The maximum absolute atomic E-state index is 13.8. The van der Waals surface area contributed by atoms with Gasteiger partial charge < -0.3 is 20.1 Å². The second kappa shape index (κ2) is 13.7. The van der Waals surface area contributed by atoms with Gasteiger partial charge in [0.05, 0.1) is 35.7 Å². The minimum Gasteiger partial charge on any atom is -0.462 e. The molecular weight excluding hydrogens is 568 g/mol. The van der Waals surface area contributed by atoms with Gasteiger partial charge in [-0.1, -0.05) is 61.7 Å². The lowest BCUT2D eigenvalue weighted by Crippen LogP contribution is -2.23. The molecule has 0 bridgehead atoms. The highest BCUT2D eigenvalue weighted by Gasteiger charge is 2.34. The van der Waals surface area contributed by atoms with E-state index < -0.39 is 11.9 Å². The molecule has 8 nitrogen and oxygen atoms in total. The molecule has 4 aromatic carbocycles. The molecule has 0 unspecified atom stereocenters. The number of fused-ring (bicyclic) bond motifs is 2. The van der Waals surface area contributed by atoms with Gasteiger partial charge in [0.2, 0.25) is 0 Å². The predicted molar refractivity (Wildman–Crippen MR) is 174 cm³/mol. The largest absolute Gasteiger partial charge is 0.462 e. The van der Waals surface area contributed by atoms with Gasteiger partial charge in [-0.25, -0.2) is 9.59 Å². The minimum absolute atomic E-state index is 0.239. The summed E-state index contributed by atoms with van der Waals surface area (Å²) in [6.45, 7) is 9.06. The highest BCUT2D eigenvalue weighted by Crippen LogP contribution is 2.38. The van der Waals surface area contributed by atoms with Crippen LogP contribution in [-0.2, 0) is 31.9 Å². The lowest BCUT2D eigenvalue weighted by atomic mass is 9.82. The minimum atomic E-state index is -0.465. The van der Waals surface area contributed by atoms with E-state index in [1.165, 1.54) is 0 Å². The Hall–Kier alpha value is -5.76. The Morgan fingerprint density at radius 3 is 1.56 bits per heavy atom. The Balaban J connectivity index is 1.38. The fraction of sp³-hybridized carbons (Fsp3) is 0.135. The van der Waals surface area contributed by atoms with E-state index in [0.29, 0.717) is 52.0 Å². The number of nitrogens with one attached hydrogen (secondary N) is 2. The van der Waals surface area contributed by atoms with E-state index >= 15 is 0 Å². The number of carbonyl (C=O) groups excluding carboxylic acids is 4. The molecule has 0 aliphatic heterocycles. The van der Waals surface area contributed by atoms with E-state index in [-0.39, 0.29) is 24.8 Å². The van der Waals surface area contributed by atoms with Gasteiger partial charge in [0, 0.05) is 47.0 Å². The zero-order valence-electron chi connectivity index (χ0n) is 24.9.